The second-order valence-electron chi connectivity index (χ2n) is 5.30. The van der Waals surface area contributed by atoms with Gasteiger partial charge in [-0.05, 0) is 45.8 Å². The van der Waals surface area contributed by atoms with Crippen molar-refractivity contribution < 1.29 is 14.6 Å². The largest absolute Gasteiger partial charge is 0.503 e. The van der Waals surface area contributed by atoms with Gasteiger partial charge in [-0.3, -0.25) is 4.79 Å². The summed E-state index contributed by atoms with van der Waals surface area (Å²) in [5, 5.41) is 20.1. The number of carbonyl (C=O) groups excluding carboxylic acids is 1. The van der Waals surface area contributed by atoms with Crippen molar-refractivity contribution in [2.45, 2.75) is 0 Å². The minimum absolute atomic E-state index is 0.00982. The number of H-pyrrole nitrogens is 1. The molecule has 0 atom stereocenters. The molecule has 0 aliphatic carbocycles. The molecule has 3 rings (SSSR count). The fourth-order valence-electron chi connectivity index (χ4n) is 2.55. The van der Waals surface area contributed by atoms with Crippen molar-refractivity contribution >= 4 is 38.7 Å². The summed E-state index contributed by atoms with van der Waals surface area (Å²) in [6, 6.07) is 12.5. The number of phenols is 1. The highest BCUT2D eigenvalue weighted by Crippen LogP contribution is 2.36. The number of fused-ring (bicyclic) bond motifs is 1. The Balaban J connectivity index is 2.06. The Morgan fingerprint density at radius 3 is 2.84 bits per heavy atom. The SMILES string of the molecule is COc1cc(/C=C(\C#N)C(=O)c2c[nH]c3ccccc23)cc(Br)c1O. The first kappa shape index (κ1) is 16.8. The van der Waals surface area contributed by atoms with Gasteiger partial charge in [0.25, 0.3) is 0 Å². The number of Topliss-reactive ketones (excluding diaryl/α,β-unsaturated/α-hetero) is 1. The van der Waals surface area contributed by atoms with Crippen LogP contribution in [0.3, 0.4) is 0 Å². The average molecular weight is 397 g/mol. The molecule has 0 aliphatic heterocycles. The number of ether oxygens (including phenoxy) is 1. The molecule has 0 saturated heterocycles. The Morgan fingerprint density at radius 2 is 2.12 bits per heavy atom. The second kappa shape index (κ2) is 6.83. The summed E-state index contributed by atoms with van der Waals surface area (Å²) in [7, 11) is 1.43. The minimum atomic E-state index is -0.372. The first-order valence-corrected chi connectivity index (χ1v) is 8.13. The van der Waals surface area contributed by atoms with E-state index in [0.29, 0.717) is 15.6 Å². The van der Waals surface area contributed by atoms with Crippen molar-refractivity contribution in [3.05, 3.63) is 63.8 Å². The van der Waals surface area contributed by atoms with E-state index in [4.69, 9.17) is 4.74 Å². The van der Waals surface area contributed by atoms with Gasteiger partial charge in [0.15, 0.2) is 11.5 Å². The molecule has 0 unspecified atom stereocenters. The summed E-state index contributed by atoms with van der Waals surface area (Å²) in [5.41, 5.74) is 1.82. The van der Waals surface area contributed by atoms with E-state index >= 15 is 0 Å². The van der Waals surface area contributed by atoms with Crippen molar-refractivity contribution in [1.29, 1.82) is 5.26 Å². The third kappa shape index (κ3) is 3.14. The maximum atomic E-state index is 12.8. The number of hydrogen-bond donors (Lipinski definition) is 2. The monoisotopic (exact) mass is 396 g/mol. The number of carbonyl (C=O) groups is 1. The molecule has 0 fully saturated rings. The number of benzene rings is 2. The second-order valence-corrected chi connectivity index (χ2v) is 6.15. The lowest BCUT2D eigenvalue weighted by Gasteiger charge is -2.07. The van der Waals surface area contributed by atoms with E-state index in [9.17, 15) is 15.2 Å². The number of para-hydroxylation sites is 1. The Bertz CT molecular complexity index is 1040. The van der Waals surface area contributed by atoms with Gasteiger partial charge in [0.1, 0.15) is 11.6 Å². The number of halogens is 1. The molecule has 0 amide bonds. The van der Waals surface area contributed by atoms with Gasteiger partial charge < -0.3 is 14.8 Å². The zero-order valence-electron chi connectivity index (χ0n) is 13.2. The van der Waals surface area contributed by atoms with Gasteiger partial charge in [0, 0.05) is 22.7 Å². The van der Waals surface area contributed by atoms with Crippen LogP contribution in [-0.4, -0.2) is 23.0 Å². The summed E-state index contributed by atoms with van der Waals surface area (Å²) in [4.78, 5) is 15.8. The Hall–Kier alpha value is -3.04. The van der Waals surface area contributed by atoms with Gasteiger partial charge >= 0.3 is 0 Å². The fourth-order valence-corrected chi connectivity index (χ4v) is 3.01. The number of ketones is 1. The average Bonchev–Trinajstić information content (AvgIpc) is 3.06. The van der Waals surface area contributed by atoms with Crippen molar-refractivity contribution in [2.24, 2.45) is 0 Å². The lowest BCUT2D eigenvalue weighted by molar-refractivity contribution is 0.104. The molecule has 0 bridgehead atoms. The van der Waals surface area contributed by atoms with Gasteiger partial charge in [-0.2, -0.15) is 5.26 Å². The Labute approximate surface area is 152 Å². The number of nitrogens with zero attached hydrogens (tertiary/aromatic N) is 1. The number of allylic oxidation sites excluding steroid dienone is 1. The summed E-state index contributed by atoms with van der Waals surface area (Å²) in [6.45, 7) is 0. The molecule has 2 N–H and O–H groups in total. The number of aromatic hydroxyl groups is 1. The molecule has 124 valence electrons. The number of aromatic nitrogens is 1. The highest BCUT2D eigenvalue weighted by atomic mass is 79.9. The molecule has 5 nitrogen and oxygen atoms in total. The van der Waals surface area contributed by atoms with E-state index in [1.165, 1.54) is 13.2 Å². The number of nitrogens with one attached hydrogen (secondary N) is 1. The van der Waals surface area contributed by atoms with E-state index in [1.54, 1.807) is 18.3 Å². The zero-order valence-corrected chi connectivity index (χ0v) is 14.8. The number of methoxy groups -OCH3 is 1. The fraction of sp³-hybridized carbons (Fsp3) is 0.0526. The number of phenolic OH excluding ortho intramolecular Hbond substituents is 1. The van der Waals surface area contributed by atoms with E-state index in [0.717, 1.165) is 10.9 Å². The van der Waals surface area contributed by atoms with Gasteiger partial charge in [-0.15, -0.1) is 0 Å². The summed E-state index contributed by atoms with van der Waals surface area (Å²) < 4.78 is 5.50. The van der Waals surface area contributed by atoms with Crippen molar-refractivity contribution in [3.63, 3.8) is 0 Å². The lowest BCUT2D eigenvalue weighted by Crippen LogP contribution is -2.01. The number of nitriles is 1. The standard InChI is InChI=1S/C19H13BrN2O3/c1-25-17-8-11(7-15(20)19(17)24)6-12(9-21)18(23)14-10-22-16-5-3-2-4-13(14)16/h2-8,10,22,24H,1H3/b12-6+. The molecule has 0 radical (unpaired) electrons. The first-order chi connectivity index (χ1) is 12.0. The predicted octanol–water partition coefficient (Wildman–Crippen LogP) is 4.43. The Kier molecular flexibility index (Phi) is 4.59. The van der Waals surface area contributed by atoms with E-state index < -0.39 is 0 Å². The summed E-state index contributed by atoms with van der Waals surface area (Å²) in [5.74, 6) is -0.165. The van der Waals surface area contributed by atoms with E-state index in [1.807, 2.05) is 30.3 Å². The van der Waals surface area contributed by atoms with Crippen LogP contribution < -0.4 is 4.74 Å². The van der Waals surface area contributed by atoms with Crippen molar-refractivity contribution in [3.8, 4) is 17.6 Å². The van der Waals surface area contributed by atoms with Crippen molar-refractivity contribution in [1.82, 2.24) is 4.98 Å². The van der Waals surface area contributed by atoms with Crippen LogP contribution in [0.1, 0.15) is 15.9 Å². The molecule has 0 aliphatic rings. The molecule has 1 heterocycles. The minimum Gasteiger partial charge on any atom is -0.503 e. The predicted molar refractivity (Wildman–Crippen MR) is 98.6 cm³/mol. The molecule has 6 heteroatoms. The number of rotatable bonds is 4. The quantitative estimate of drug-likeness (QED) is 0.387. The maximum absolute atomic E-state index is 12.8. The van der Waals surface area contributed by atoms with Crippen LogP contribution in [0.2, 0.25) is 0 Å². The highest BCUT2D eigenvalue weighted by Gasteiger charge is 2.17. The maximum Gasteiger partial charge on any atom is 0.205 e. The smallest absolute Gasteiger partial charge is 0.205 e. The van der Waals surface area contributed by atoms with Gasteiger partial charge in [0.05, 0.1) is 11.6 Å². The third-order valence-electron chi connectivity index (χ3n) is 3.78. The molecular formula is C19H13BrN2O3. The highest BCUT2D eigenvalue weighted by molar-refractivity contribution is 9.10. The summed E-state index contributed by atoms with van der Waals surface area (Å²) in [6.07, 6.45) is 3.07. The molecule has 1 aromatic heterocycles. The van der Waals surface area contributed by atoms with Crippen LogP contribution >= 0.6 is 15.9 Å². The number of aromatic amines is 1. The third-order valence-corrected chi connectivity index (χ3v) is 4.39. The van der Waals surface area contributed by atoms with Crippen LogP contribution in [0.15, 0.2) is 52.6 Å². The zero-order chi connectivity index (χ0) is 18.0. The Morgan fingerprint density at radius 1 is 1.36 bits per heavy atom. The van der Waals surface area contributed by atoms with E-state index in [2.05, 4.69) is 20.9 Å². The van der Waals surface area contributed by atoms with Crippen LogP contribution in [-0.2, 0) is 0 Å². The van der Waals surface area contributed by atoms with E-state index in [-0.39, 0.29) is 22.9 Å². The lowest BCUT2D eigenvalue weighted by atomic mass is 10.0. The molecule has 0 spiro atoms. The van der Waals surface area contributed by atoms with Crippen LogP contribution in [0.5, 0.6) is 11.5 Å². The van der Waals surface area contributed by atoms with Crippen LogP contribution in [0.25, 0.3) is 17.0 Å². The van der Waals surface area contributed by atoms with Crippen molar-refractivity contribution in [2.75, 3.05) is 7.11 Å². The molecular weight excluding hydrogens is 384 g/mol. The van der Waals surface area contributed by atoms with Gasteiger partial charge in [0.2, 0.25) is 5.78 Å². The number of hydrogen-bond acceptors (Lipinski definition) is 4. The molecule has 3 aromatic rings. The molecule has 25 heavy (non-hydrogen) atoms. The van der Waals surface area contributed by atoms with Crippen LogP contribution in [0.4, 0.5) is 0 Å². The first-order valence-electron chi connectivity index (χ1n) is 7.34. The van der Waals surface area contributed by atoms with Gasteiger partial charge in [-0.25, -0.2) is 0 Å². The van der Waals surface area contributed by atoms with Gasteiger partial charge in [-0.1, -0.05) is 18.2 Å². The summed E-state index contributed by atoms with van der Waals surface area (Å²) >= 11 is 3.23. The topological polar surface area (TPSA) is 86.1 Å². The molecule has 2 aromatic carbocycles. The normalized spacial score (nSPS) is 11.3. The van der Waals surface area contributed by atoms with Crippen LogP contribution in [0, 0.1) is 11.3 Å². The molecule has 0 saturated carbocycles.